The van der Waals surface area contributed by atoms with Crippen LogP contribution in [0, 0.1) is 0 Å². The first-order valence-corrected chi connectivity index (χ1v) is 7.93. The Bertz CT molecular complexity index is 436. The summed E-state index contributed by atoms with van der Waals surface area (Å²) in [7, 11) is 0.308. The summed E-state index contributed by atoms with van der Waals surface area (Å²) in [6.45, 7) is 1.47. The summed E-state index contributed by atoms with van der Waals surface area (Å²) in [6, 6.07) is 7.17. The predicted molar refractivity (Wildman–Crippen MR) is 76.3 cm³/mol. The van der Waals surface area contributed by atoms with Crippen LogP contribution in [0.25, 0.3) is 0 Å². The van der Waals surface area contributed by atoms with Crippen molar-refractivity contribution in [3.63, 3.8) is 0 Å². The minimum absolute atomic E-state index is 0.0958. The zero-order valence-corrected chi connectivity index (χ0v) is 11.4. The highest BCUT2D eigenvalue weighted by atomic mass is 32.2. The number of Topliss-reactive ketones (excluding diaryl/α,β-unsaturated/α-hetero) is 1. The Balaban J connectivity index is 1.95. The maximum absolute atomic E-state index is 12.1. The van der Waals surface area contributed by atoms with Crippen LogP contribution in [0.4, 0.5) is 5.69 Å². The van der Waals surface area contributed by atoms with Gasteiger partial charge in [0.2, 0.25) is 11.7 Å². The van der Waals surface area contributed by atoms with Crippen LogP contribution >= 0.6 is 0 Å². The average Bonchev–Trinajstić information content (AvgIpc) is 2.82. The van der Waals surface area contributed by atoms with Crippen molar-refractivity contribution >= 4 is 28.3 Å². The third-order valence-electron chi connectivity index (χ3n) is 2.98. The first kappa shape index (κ1) is 13.1. The fraction of sp³-hybridized carbons (Fsp3) is 0.429. The fourth-order valence-electron chi connectivity index (χ4n) is 2.07. The smallest absolute Gasteiger partial charge is 0.221 e. The SMILES string of the molecule is CC(=O)Nc1ccc(C(=O)C[S+]2CCCC2)cc1. The number of anilines is 1. The van der Waals surface area contributed by atoms with Crippen molar-refractivity contribution in [2.24, 2.45) is 0 Å². The van der Waals surface area contributed by atoms with Gasteiger partial charge in [0.05, 0.1) is 0 Å². The van der Waals surface area contributed by atoms with Gasteiger partial charge in [-0.15, -0.1) is 0 Å². The van der Waals surface area contributed by atoms with Gasteiger partial charge in [-0.05, 0) is 48.0 Å². The summed E-state index contributed by atoms with van der Waals surface area (Å²) in [4.78, 5) is 22.9. The molecule has 1 aromatic rings. The van der Waals surface area contributed by atoms with Crippen LogP contribution in [0.2, 0.25) is 0 Å². The molecule has 1 amide bonds. The number of carbonyl (C=O) groups is 2. The van der Waals surface area contributed by atoms with Crippen molar-refractivity contribution < 1.29 is 9.59 Å². The van der Waals surface area contributed by atoms with Gasteiger partial charge in [0.25, 0.3) is 0 Å². The summed E-state index contributed by atoms with van der Waals surface area (Å²) in [6.07, 6.45) is 2.55. The lowest BCUT2D eigenvalue weighted by atomic mass is 10.1. The van der Waals surface area contributed by atoms with Crippen molar-refractivity contribution in [2.45, 2.75) is 19.8 Å². The van der Waals surface area contributed by atoms with Crippen LogP contribution in [0.15, 0.2) is 24.3 Å². The summed E-state index contributed by atoms with van der Waals surface area (Å²) >= 11 is 0. The van der Waals surface area contributed by atoms with Gasteiger partial charge in [0, 0.05) is 18.2 Å². The molecule has 3 nitrogen and oxygen atoms in total. The molecule has 0 spiro atoms. The molecule has 0 aliphatic carbocycles. The second-order valence-electron chi connectivity index (χ2n) is 4.55. The highest BCUT2D eigenvalue weighted by Crippen LogP contribution is 2.16. The summed E-state index contributed by atoms with van der Waals surface area (Å²) in [5.74, 6) is 3.27. The maximum Gasteiger partial charge on any atom is 0.221 e. The molecule has 2 rings (SSSR count). The monoisotopic (exact) mass is 264 g/mol. The molecule has 1 aliphatic rings. The minimum Gasteiger partial charge on any atom is -0.326 e. The van der Waals surface area contributed by atoms with Crippen LogP contribution in [-0.4, -0.2) is 28.9 Å². The van der Waals surface area contributed by atoms with Crippen LogP contribution in [-0.2, 0) is 15.7 Å². The van der Waals surface area contributed by atoms with Crippen molar-refractivity contribution in [3.8, 4) is 0 Å². The molecule has 1 N–H and O–H groups in total. The molecule has 0 unspecified atom stereocenters. The number of carbonyl (C=O) groups excluding carboxylic acids is 2. The molecule has 1 aliphatic heterocycles. The van der Waals surface area contributed by atoms with E-state index >= 15 is 0 Å². The topological polar surface area (TPSA) is 46.2 Å². The Kier molecular flexibility index (Phi) is 4.42. The molecule has 1 fully saturated rings. The van der Waals surface area contributed by atoms with E-state index in [2.05, 4.69) is 5.32 Å². The van der Waals surface area contributed by atoms with Gasteiger partial charge in [-0.3, -0.25) is 9.59 Å². The molecule has 0 saturated carbocycles. The number of hydrogen-bond donors (Lipinski definition) is 1. The maximum atomic E-state index is 12.1. The molecule has 4 heteroatoms. The van der Waals surface area contributed by atoms with Gasteiger partial charge in [0.1, 0.15) is 11.5 Å². The van der Waals surface area contributed by atoms with Gasteiger partial charge in [-0.1, -0.05) is 0 Å². The van der Waals surface area contributed by atoms with Gasteiger partial charge in [-0.2, -0.15) is 0 Å². The molecule has 96 valence electrons. The number of nitrogens with one attached hydrogen (secondary N) is 1. The number of amides is 1. The quantitative estimate of drug-likeness (QED) is 0.669. The van der Waals surface area contributed by atoms with E-state index < -0.39 is 0 Å². The molecule has 1 saturated heterocycles. The molecule has 0 atom stereocenters. The number of hydrogen-bond acceptors (Lipinski definition) is 2. The molecule has 1 heterocycles. The standard InChI is InChI=1S/C14H17NO2S/c1-11(16)15-13-6-4-12(5-7-13)14(17)10-18-8-2-3-9-18/h4-7H,2-3,8-10H2,1H3/p+1. The third kappa shape index (κ3) is 3.60. The lowest BCUT2D eigenvalue weighted by Crippen LogP contribution is -2.18. The van der Waals surface area contributed by atoms with Gasteiger partial charge in [0.15, 0.2) is 5.75 Å². The first-order chi connectivity index (χ1) is 8.65. The molecular weight excluding hydrogens is 246 g/mol. The lowest BCUT2D eigenvalue weighted by Gasteiger charge is -2.04. The molecule has 0 aromatic heterocycles. The molecule has 0 bridgehead atoms. The number of ketones is 1. The lowest BCUT2D eigenvalue weighted by molar-refractivity contribution is -0.114. The summed E-state index contributed by atoms with van der Waals surface area (Å²) in [5.41, 5.74) is 1.49. The molecule has 0 radical (unpaired) electrons. The Morgan fingerprint density at radius 1 is 1.17 bits per heavy atom. The second-order valence-corrected chi connectivity index (χ2v) is 6.88. The van der Waals surface area contributed by atoms with Gasteiger partial charge < -0.3 is 5.32 Å². The Hall–Kier alpha value is -1.29. The largest absolute Gasteiger partial charge is 0.326 e. The van der Waals surface area contributed by atoms with Crippen LogP contribution in [0.5, 0.6) is 0 Å². The van der Waals surface area contributed by atoms with Crippen LogP contribution in [0.1, 0.15) is 30.1 Å². The van der Waals surface area contributed by atoms with Crippen molar-refractivity contribution in [3.05, 3.63) is 29.8 Å². The molecule has 18 heavy (non-hydrogen) atoms. The Morgan fingerprint density at radius 3 is 2.33 bits per heavy atom. The van der Waals surface area contributed by atoms with E-state index in [1.54, 1.807) is 24.3 Å². The highest BCUT2D eigenvalue weighted by Gasteiger charge is 2.27. The summed E-state index contributed by atoms with van der Waals surface area (Å²) < 4.78 is 0. The van der Waals surface area contributed by atoms with Crippen molar-refractivity contribution in [1.29, 1.82) is 0 Å². The third-order valence-corrected chi connectivity index (χ3v) is 5.38. The Labute approximate surface area is 110 Å². The fourth-order valence-corrected chi connectivity index (χ4v) is 4.33. The van der Waals surface area contributed by atoms with Gasteiger partial charge >= 0.3 is 0 Å². The van der Waals surface area contributed by atoms with Crippen LogP contribution < -0.4 is 5.32 Å². The van der Waals surface area contributed by atoms with E-state index in [4.69, 9.17) is 0 Å². The summed E-state index contributed by atoms with van der Waals surface area (Å²) in [5, 5.41) is 2.70. The second kappa shape index (κ2) is 6.05. The van der Waals surface area contributed by atoms with Crippen molar-refractivity contribution in [1.82, 2.24) is 0 Å². The van der Waals surface area contributed by atoms with Gasteiger partial charge in [-0.25, -0.2) is 0 Å². The minimum atomic E-state index is -0.0958. The first-order valence-electron chi connectivity index (χ1n) is 6.20. The van der Waals surface area contributed by atoms with Crippen LogP contribution in [0.3, 0.4) is 0 Å². The highest BCUT2D eigenvalue weighted by molar-refractivity contribution is 7.97. The van der Waals surface area contributed by atoms with E-state index in [1.807, 2.05) is 0 Å². The zero-order valence-electron chi connectivity index (χ0n) is 10.6. The van der Waals surface area contributed by atoms with E-state index in [1.165, 1.54) is 31.3 Å². The normalized spacial score (nSPS) is 15.6. The van der Waals surface area contributed by atoms with E-state index in [0.717, 1.165) is 11.3 Å². The number of benzene rings is 1. The Morgan fingerprint density at radius 2 is 1.78 bits per heavy atom. The molecule has 1 aromatic carbocycles. The average molecular weight is 264 g/mol. The molecular formula is C14H18NO2S+. The number of rotatable bonds is 4. The van der Waals surface area contributed by atoms with E-state index in [9.17, 15) is 9.59 Å². The predicted octanol–water partition coefficient (Wildman–Crippen LogP) is 2.24. The zero-order chi connectivity index (χ0) is 13.0. The van der Waals surface area contributed by atoms with E-state index in [-0.39, 0.29) is 11.7 Å². The van der Waals surface area contributed by atoms with Crippen molar-refractivity contribution in [2.75, 3.05) is 22.6 Å². The van der Waals surface area contributed by atoms with E-state index in [0.29, 0.717) is 16.6 Å².